The summed E-state index contributed by atoms with van der Waals surface area (Å²) in [6.07, 6.45) is 20.9. The molecule has 2 heterocycles. The zero-order valence-electron chi connectivity index (χ0n) is 29.2. The van der Waals surface area contributed by atoms with Gasteiger partial charge in [0.05, 0.1) is 36.2 Å². The van der Waals surface area contributed by atoms with E-state index in [0.29, 0.717) is 35.8 Å². The Hall–Kier alpha value is -4.24. The Morgan fingerprint density at radius 1 is 1.02 bits per heavy atom. The number of H-pyrrole nitrogens is 1. The van der Waals surface area contributed by atoms with Gasteiger partial charge in [0, 0.05) is 20.2 Å². The van der Waals surface area contributed by atoms with E-state index in [1.54, 1.807) is 12.1 Å². The van der Waals surface area contributed by atoms with Gasteiger partial charge >= 0.3 is 11.7 Å². The van der Waals surface area contributed by atoms with E-state index < -0.39 is 17.7 Å². The summed E-state index contributed by atoms with van der Waals surface area (Å²) >= 11 is 0. The number of rotatable bonds is 9. The molecule has 3 fully saturated rings. The number of amides is 2. The summed E-state index contributed by atoms with van der Waals surface area (Å²) in [6, 6.07) is 6.22. The number of hydrogen-bond acceptors (Lipinski definition) is 8. The third-order valence-corrected chi connectivity index (χ3v) is 8.41. The third-order valence-electron chi connectivity index (χ3n) is 8.41. The number of carbonyl (C=O) groups is 3. The number of fused-ring (bicyclic) bond motifs is 1. The van der Waals surface area contributed by atoms with Crippen molar-refractivity contribution < 1.29 is 24.2 Å². The summed E-state index contributed by atoms with van der Waals surface area (Å²) in [5.74, 6) is 0.192. The van der Waals surface area contributed by atoms with Gasteiger partial charge in [-0.15, -0.1) is 0 Å². The van der Waals surface area contributed by atoms with Gasteiger partial charge < -0.3 is 25.0 Å². The normalized spacial score (nSPS) is 16.6. The van der Waals surface area contributed by atoms with Crippen LogP contribution in [0.5, 0.6) is 0 Å². The van der Waals surface area contributed by atoms with Crippen LogP contribution in [0.25, 0.3) is 10.9 Å². The number of allylic oxidation sites excluding steroid dienone is 2. The molecule has 12 nitrogen and oxygen atoms in total. The smallest absolute Gasteiger partial charge is 0.329 e. The molecule has 1 saturated heterocycles. The van der Waals surface area contributed by atoms with Crippen molar-refractivity contribution in [3.05, 3.63) is 56.8 Å². The van der Waals surface area contributed by atoms with Crippen LogP contribution in [0.4, 0.5) is 0 Å². The molecule has 1 atom stereocenters. The first-order chi connectivity index (χ1) is 23.4. The fraction of sp³-hybridized carbons (Fsp3) is 0.611. The van der Waals surface area contributed by atoms with Crippen LogP contribution in [0.1, 0.15) is 103 Å². The topological polar surface area (TPSA) is 175 Å². The molecule has 2 amide bonds. The molecule has 2 aromatic rings. The predicted molar refractivity (Wildman–Crippen MR) is 187 cm³/mol. The number of esters is 1. The Balaban J connectivity index is 0.000000407. The van der Waals surface area contributed by atoms with Crippen LogP contribution in [0.2, 0.25) is 0 Å². The summed E-state index contributed by atoms with van der Waals surface area (Å²) < 4.78 is 5.79. The van der Waals surface area contributed by atoms with Crippen molar-refractivity contribution in [2.45, 2.75) is 110 Å². The van der Waals surface area contributed by atoms with E-state index in [0.717, 1.165) is 25.9 Å². The van der Waals surface area contributed by atoms with E-state index >= 15 is 0 Å². The lowest BCUT2D eigenvalue weighted by molar-refractivity contribution is -0.150. The summed E-state index contributed by atoms with van der Waals surface area (Å²) in [7, 11) is 2.30. The number of nitriles is 1. The van der Waals surface area contributed by atoms with E-state index in [4.69, 9.17) is 10.4 Å². The summed E-state index contributed by atoms with van der Waals surface area (Å²) in [5, 5.41) is 18.6. The lowest BCUT2D eigenvalue weighted by atomic mass is 10.0. The minimum atomic E-state index is -0.490. The maximum absolute atomic E-state index is 12.4. The number of carbonyl (C=O) groups excluding carboxylic acids is 3. The summed E-state index contributed by atoms with van der Waals surface area (Å²) in [4.78, 5) is 61.5. The molecule has 2 aliphatic carbocycles. The van der Waals surface area contributed by atoms with Crippen LogP contribution in [0, 0.1) is 17.2 Å². The molecular weight excluding hydrogens is 614 g/mol. The molecule has 48 heavy (non-hydrogen) atoms. The van der Waals surface area contributed by atoms with Gasteiger partial charge in [-0.05, 0) is 49.8 Å². The number of methoxy groups -OCH3 is 1. The number of aliphatic hydroxyl groups excluding tert-OH is 1. The van der Waals surface area contributed by atoms with Crippen molar-refractivity contribution in [1.82, 2.24) is 19.8 Å². The van der Waals surface area contributed by atoms with Gasteiger partial charge in [0.25, 0.3) is 5.56 Å². The van der Waals surface area contributed by atoms with E-state index in [1.165, 1.54) is 86.9 Å². The van der Waals surface area contributed by atoms with Gasteiger partial charge in [0.15, 0.2) is 0 Å². The molecular formula is C36H55N5O7. The molecule has 1 unspecified atom stereocenters. The minimum Gasteiger partial charge on any atom is -0.467 e. The van der Waals surface area contributed by atoms with Crippen LogP contribution in [-0.4, -0.2) is 71.2 Å². The third kappa shape index (κ3) is 13.9. The number of likely N-dealkylation sites (tertiary alicyclic amines) is 1. The van der Waals surface area contributed by atoms with Gasteiger partial charge in [0.2, 0.25) is 12.3 Å². The standard InChI is InChI=1S/C19H21N3O2.C9H14N2O4.C5H10.C2H6.CH4O/c20-13-15-9-10-16-17(12-15)21-19(24)22(18(16)23)11-5-1-2-6-14-7-3-4-8-14;1-15-9(14)7-3-2-4-11(7)8(13)5-10-6-12;1-2-4-5-3-1;2*1-2/h1,5,9-10,12,14H,2-4,6-8,11H2,(H,21,24);6-7H,2-5H2,1H3,(H,10,12);1-5H2;1-2H3;2H,1H3/b5-1+;;;;. The molecule has 1 aromatic heterocycles. The molecule has 12 heteroatoms. The second kappa shape index (κ2) is 24.9. The Kier molecular flexibility index (Phi) is 21.6. The number of ether oxygens (including phenoxy) is 1. The molecule has 3 aliphatic rings. The second-order valence-corrected chi connectivity index (χ2v) is 11.5. The van der Waals surface area contributed by atoms with Gasteiger partial charge in [-0.3, -0.25) is 19.0 Å². The zero-order chi connectivity index (χ0) is 35.7. The summed E-state index contributed by atoms with van der Waals surface area (Å²) in [5.41, 5.74) is 0.0642. The maximum Gasteiger partial charge on any atom is 0.329 e. The number of aromatic nitrogens is 2. The quantitative estimate of drug-likeness (QED) is 0.198. The first kappa shape index (κ1) is 41.8. The first-order valence-electron chi connectivity index (χ1n) is 17.2. The minimum absolute atomic E-state index is 0.0724. The van der Waals surface area contributed by atoms with Crippen LogP contribution in [-0.2, 0) is 25.7 Å². The van der Waals surface area contributed by atoms with Crippen molar-refractivity contribution in [2.75, 3.05) is 27.3 Å². The Bertz CT molecular complexity index is 1430. The Labute approximate surface area is 284 Å². The van der Waals surface area contributed by atoms with Crippen LogP contribution < -0.4 is 16.6 Å². The van der Waals surface area contributed by atoms with E-state index in [1.807, 2.05) is 26.0 Å². The highest BCUT2D eigenvalue weighted by molar-refractivity contribution is 5.87. The molecule has 2 saturated carbocycles. The Morgan fingerprint density at radius 3 is 2.25 bits per heavy atom. The molecule has 0 spiro atoms. The van der Waals surface area contributed by atoms with E-state index in [2.05, 4.69) is 21.1 Å². The molecule has 0 radical (unpaired) electrons. The fourth-order valence-corrected chi connectivity index (χ4v) is 5.98. The second-order valence-electron chi connectivity index (χ2n) is 11.5. The molecule has 266 valence electrons. The van der Waals surface area contributed by atoms with Crippen LogP contribution in [0.15, 0.2) is 39.9 Å². The van der Waals surface area contributed by atoms with Crippen LogP contribution >= 0.6 is 0 Å². The van der Waals surface area contributed by atoms with E-state index in [-0.39, 0.29) is 24.6 Å². The average molecular weight is 670 g/mol. The van der Waals surface area contributed by atoms with Gasteiger partial charge in [-0.25, -0.2) is 9.59 Å². The van der Waals surface area contributed by atoms with Gasteiger partial charge in [-0.2, -0.15) is 5.26 Å². The SMILES string of the molecule is C1CCCC1.CC.CO.COC(=O)C1CCCN1C(=O)CNC=O.N#Cc1ccc2c(=O)n(C/C=C/CCC3CCCC3)c(=O)[nH]c2c1. The summed E-state index contributed by atoms with van der Waals surface area (Å²) in [6.45, 7) is 4.74. The lowest BCUT2D eigenvalue weighted by Gasteiger charge is -2.22. The Morgan fingerprint density at radius 2 is 1.67 bits per heavy atom. The van der Waals surface area contributed by atoms with E-state index in [9.17, 15) is 24.0 Å². The van der Waals surface area contributed by atoms with Crippen molar-refractivity contribution in [3.8, 4) is 6.07 Å². The molecule has 1 aromatic carbocycles. The first-order valence-corrected chi connectivity index (χ1v) is 17.2. The number of nitrogens with zero attached hydrogens (tertiary/aromatic N) is 3. The molecule has 3 N–H and O–H groups in total. The van der Waals surface area contributed by atoms with Crippen molar-refractivity contribution in [1.29, 1.82) is 5.26 Å². The molecule has 0 bridgehead atoms. The monoisotopic (exact) mass is 669 g/mol. The number of benzene rings is 1. The average Bonchev–Trinajstić information content (AvgIpc) is 3.95. The van der Waals surface area contributed by atoms with Crippen molar-refractivity contribution in [2.24, 2.45) is 5.92 Å². The molecule has 5 rings (SSSR count). The highest BCUT2D eigenvalue weighted by Gasteiger charge is 2.34. The van der Waals surface area contributed by atoms with Gasteiger partial charge in [-0.1, -0.05) is 83.8 Å². The van der Waals surface area contributed by atoms with Crippen molar-refractivity contribution in [3.63, 3.8) is 0 Å². The fourth-order valence-electron chi connectivity index (χ4n) is 5.98. The number of aromatic amines is 1. The van der Waals surface area contributed by atoms with Gasteiger partial charge in [0.1, 0.15) is 6.04 Å². The molecule has 1 aliphatic heterocycles. The largest absolute Gasteiger partial charge is 0.467 e. The highest BCUT2D eigenvalue weighted by atomic mass is 16.5. The zero-order valence-corrected chi connectivity index (χ0v) is 29.2. The predicted octanol–water partition coefficient (Wildman–Crippen LogP) is 4.57. The maximum atomic E-state index is 12.4. The number of aliphatic hydroxyl groups is 1. The van der Waals surface area contributed by atoms with Crippen molar-refractivity contribution >= 4 is 29.2 Å². The number of nitrogens with one attached hydrogen (secondary N) is 2. The number of hydrogen-bond donors (Lipinski definition) is 3. The highest BCUT2D eigenvalue weighted by Crippen LogP contribution is 2.28. The lowest BCUT2D eigenvalue weighted by Crippen LogP contribution is -2.44. The van der Waals surface area contributed by atoms with Crippen LogP contribution in [0.3, 0.4) is 0 Å².